The van der Waals surface area contributed by atoms with Gasteiger partial charge in [0.25, 0.3) is 0 Å². The van der Waals surface area contributed by atoms with Crippen molar-refractivity contribution in [2.75, 3.05) is 21.2 Å². The molecule has 0 aliphatic heterocycles. The molecule has 0 radical (unpaired) electrons. The molecule has 1 fully saturated rings. The van der Waals surface area contributed by atoms with Crippen LogP contribution in [0.25, 0.3) is 0 Å². The van der Waals surface area contributed by atoms with Crippen LogP contribution in [-0.4, -0.2) is 37.3 Å². The van der Waals surface area contributed by atoms with Crippen LogP contribution in [0.15, 0.2) is 24.3 Å². The molecule has 1 N–H and O–H groups in total. The average Bonchev–Trinajstić information content (AvgIpc) is 2.39. The summed E-state index contributed by atoms with van der Waals surface area (Å²) in [6, 6.07) is 8.09. The van der Waals surface area contributed by atoms with Crippen LogP contribution in [0.4, 0.5) is 0 Å². The second-order valence-corrected chi connectivity index (χ2v) is 5.31. The van der Waals surface area contributed by atoms with Crippen LogP contribution < -0.4 is 4.74 Å². The number of benzene rings is 1. The van der Waals surface area contributed by atoms with E-state index in [2.05, 4.69) is 17.0 Å². The SMILES string of the molecule is COc1cccc(C2(N(C)C)CCCCC2O)c1. The smallest absolute Gasteiger partial charge is 0.119 e. The summed E-state index contributed by atoms with van der Waals surface area (Å²) in [5, 5.41) is 10.5. The van der Waals surface area contributed by atoms with Crippen molar-refractivity contribution in [3.05, 3.63) is 29.8 Å². The third-order valence-corrected chi connectivity index (χ3v) is 4.20. The molecule has 0 heterocycles. The van der Waals surface area contributed by atoms with E-state index in [0.717, 1.165) is 37.0 Å². The predicted molar refractivity (Wildman–Crippen MR) is 72.8 cm³/mol. The van der Waals surface area contributed by atoms with Crippen LogP contribution in [0.5, 0.6) is 5.75 Å². The number of ether oxygens (including phenoxy) is 1. The highest BCUT2D eigenvalue weighted by molar-refractivity contribution is 5.35. The maximum absolute atomic E-state index is 10.5. The highest BCUT2D eigenvalue weighted by atomic mass is 16.5. The van der Waals surface area contributed by atoms with E-state index >= 15 is 0 Å². The fourth-order valence-electron chi connectivity index (χ4n) is 3.15. The van der Waals surface area contributed by atoms with E-state index in [-0.39, 0.29) is 11.6 Å². The van der Waals surface area contributed by atoms with Gasteiger partial charge in [-0.05, 0) is 44.6 Å². The average molecular weight is 249 g/mol. The molecule has 2 atom stereocenters. The minimum absolute atomic E-state index is 0.271. The Morgan fingerprint density at radius 3 is 2.72 bits per heavy atom. The zero-order valence-corrected chi connectivity index (χ0v) is 11.5. The predicted octanol–water partition coefficient (Wildman–Crippen LogP) is 2.39. The van der Waals surface area contributed by atoms with Crippen LogP contribution >= 0.6 is 0 Å². The molecule has 0 aromatic heterocycles. The molecule has 100 valence electrons. The van der Waals surface area contributed by atoms with Gasteiger partial charge in [0.1, 0.15) is 5.75 Å². The van der Waals surface area contributed by atoms with Crippen LogP contribution in [0.3, 0.4) is 0 Å². The number of rotatable bonds is 3. The lowest BCUT2D eigenvalue weighted by molar-refractivity contribution is -0.0414. The van der Waals surface area contributed by atoms with Gasteiger partial charge in [0.15, 0.2) is 0 Å². The fraction of sp³-hybridized carbons (Fsp3) is 0.600. The second-order valence-electron chi connectivity index (χ2n) is 5.31. The Kier molecular flexibility index (Phi) is 3.93. The summed E-state index contributed by atoms with van der Waals surface area (Å²) in [5.41, 5.74) is 0.881. The largest absolute Gasteiger partial charge is 0.497 e. The Morgan fingerprint density at radius 1 is 1.33 bits per heavy atom. The van der Waals surface area contributed by atoms with Crippen molar-refractivity contribution in [1.29, 1.82) is 0 Å². The normalized spacial score (nSPS) is 28.4. The summed E-state index contributed by atoms with van der Waals surface area (Å²) in [7, 11) is 5.78. The van der Waals surface area contributed by atoms with Gasteiger partial charge < -0.3 is 9.84 Å². The number of aliphatic hydroxyl groups excluding tert-OH is 1. The van der Waals surface area contributed by atoms with Crippen molar-refractivity contribution in [2.45, 2.75) is 37.3 Å². The van der Waals surface area contributed by atoms with E-state index in [1.165, 1.54) is 0 Å². The fourth-order valence-corrected chi connectivity index (χ4v) is 3.15. The lowest BCUT2D eigenvalue weighted by Crippen LogP contribution is -2.52. The van der Waals surface area contributed by atoms with Crippen LogP contribution in [-0.2, 0) is 5.54 Å². The molecule has 1 aromatic carbocycles. The first-order valence-corrected chi connectivity index (χ1v) is 6.61. The third-order valence-electron chi connectivity index (χ3n) is 4.20. The van der Waals surface area contributed by atoms with Gasteiger partial charge >= 0.3 is 0 Å². The summed E-state index contributed by atoms with van der Waals surface area (Å²) in [6.45, 7) is 0. The Bertz CT molecular complexity index is 405. The topological polar surface area (TPSA) is 32.7 Å². The molecule has 3 heteroatoms. The van der Waals surface area contributed by atoms with Crippen molar-refractivity contribution in [2.24, 2.45) is 0 Å². The number of likely N-dealkylation sites (N-methyl/N-ethyl adjacent to an activating group) is 1. The molecule has 2 unspecified atom stereocenters. The maximum atomic E-state index is 10.5. The van der Waals surface area contributed by atoms with Crippen LogP contribution in [0.2, 0.25) is 0 Å². The standard InChI is InChI=1S/C15H23NO2/c1-16(2)15(10-5-4-9-14(15)17)12-7-6-8-13(11-12)18-3/h6-8,11,14,17H,4-5,9-10H2,1-3H3. The molecule has 1 aliphatic carbocycles. The van der Waals surface area contributed by atoms with Crippen molar-refractivity contribution in [3.63, 3.8) is 0 Å². The molecule has 3 nitrogen and oxygen atoms in total. The quantitative estimate of drug-likeness (QED) is 0.893. The van der Waals surface area contributed by atoms with Crippen LogP contribution in [0, 0.1) is 0 Å². The third kappa shape index (κ3) is 2.13. The van der Waals surface area contributed by atoms with E-state index in [9.17, 15) is 5.11 Å². The van der Waals surface area contributed by atoms with E-state index in [0.29, 0.717) is 0 Å². The summed E-state index contributed by atoms with van der Waals surface area (Å²) < 4.78 is 5.31. The molecule has 0 bridgehead atoms. The minimum atomic E-state index is -0.312. The number of nitrogens with zero attached hydrogens (tertiary/aromatic N) is 1. The Labute approximate surface area is 109 Å². The van der Waals surface area contributed by atoms with Crippen molar-refractivity contribution in [3.8, 4) is 5.75 Å². The van der Waals surface area contributed by atoms with E-state index < -0.39 is 0 Å². The molecule has 0 spiro atoms. The first-order chi connectivity index (χ1) is 8.61. The summed E-state index contributed by atoms with van der Waals surface area (Å²) in [6.07, 6.45) is 3.82. The lowest BCUT2D eigenvalue weighted by Gasteiger charge is -2.47. The summed E-state index contributed by atoms with van der Waals surface area (Å²) in [4.78, 5) is 2.16. The first-order valence-electron chi connectivity index (χ1n) is 6.61. The van der Waals surface area contributed by atoms with Crippen molar-refractivity contribution < 1.29 is 9.84 Å². The number of hydrogen-bond donors (Lipinski definition) is 1. The van der Waals surface area contributed by atoms with Gasteiger partial charge in [-0.3, -0.25) is 4.90 Å². The van der Waals surface area contributed by atoms with Gasteiger partial charge in [-0.15, -0.1) is 0 Å². The van der Waals surface area contributed by atoms with Crippen molar-refractivity contribution >= 4 is 0 Å². The van der Waals surface area contributed by atoms with Gasteiger partial charge in [-0.1, -0.05) is 25.0 Å². The lowest BCUT2D eigenvalue weighted by atomic mass is 9.73. The van der Waals surface area contributed by atoms with Gasteiger partial charge in [0, 0.05) is 0 Å². The Morgan fingerprint density at radius 2 is 2.11 bits per heavy atom. The molecule has 1 aliphatic rings. The first kappa shape index (κ1) is 13.4. The second kappa shape index (κ2) is 5.29. The molecular formula is C15H23NO2. The monoisotopic (exact) mass is 249 g/mol. The van der Waals surface area contributed by atoms with Gasteiger partial charge in [0.05, 0.1) is 18.8 Å². The molecule has 0 saturated heterocycles. The number of methoxy groups -OCH3 is 1. The molecule has 2 rings (SSSR count). The summed E-state index contributed by atoms with van der Waals surface area (Å²) >= 11 is 0. The zero-order valence-electron chi connectivity index (χ0n) is 11.5. The van der Waals surface area contributed by atoms with E-state index in [1.807, 2.05) is 26.2 Å². The maximum Gasteiger partial charge on any atom is 0.119 e. The number of aliphatic hydroxyl groups is 1. The molecule has 1 aromatic rings. The number of hydrogen-bond acceptors (Lipinski definition) is 3. The highest BCUT2D eigenvalue weighted by Crippen LogP contribution is 2.42. The van der Waals surface area contributed by atoms with Gasteiger partial charge in [0.2, 0.25) is 0 Å². The molecule has 18 heavy (non-hydrogen) atoms. The van der Waals surface area contributed by atoms with Crippen molar-refractivity contribution in [1.82, 2.24) is 4.90 Å². The van der Waals surface area contributed by atoms with Gasteiger partial charge in [-0.2, -0.15) is 0 Å². The van der Waals surface area contributed by atoms with E-state index in [4.69, 9.17) is 4.74 Å². The molecular weight excluding hydrogens is 226 g/mol. The minimum Gasteiger partial charge on any atom is -0.497 e. The molecule has 1 saturated carbocycles. The molecule has 0 amide bonds. The summed E-state index contributed by atoms with van der Waals surface area (Å²) in [5.74, 6) is 0.853. The zero-order chi connectivity index (χ0) is 13.2. The highest BCUT2D eigenvalue weighted by Gasteiger charge is 2.43. The Balaban J connectivity index is 2.45. The Hall–Kier alpha value is -1.06. The van der Waals surface area contributed by atoms with Gasteiger partial charge in [-0.25, -0.2) is 0 Å². The van der Waals surface area contributed by atoms with E-state index in [1.54, 1.807) is 7.11 Å². The van der Waals surface area contributed by atoms with Crippen LogP contribution in [0.1, 0.15) is 31.2 Å².